The van der Waals surface area contributed by atoms with E-state index in [2.05, 4.69) is 21.2 Å². The molecule has 0 unspecified atom stereocenters. The number of nitrogens with zero attached hydrogens (tertiary/aromatic N) is 1. The Balaban J connectivity index is 3.07. The highest BCUT2D eigenvalue weighted by molar-refractivity contribution is 9.11. The normalized spacial score (nSPS) is 11.8. The van der Waals surface area contributed by atoms with Gasteiger partial charge < -0.3 is 5.32 Å². The van der Waals surface area contributed by atoms with Crippen LogP contribution in [-0.2, 0) is 14.8 Å². The molecule has 1 amide bonds. The molecule has 0 atom stereocenters. The number of thiophene rings is 1. The number of amides is 1. The van der Waals surface area contributed by atoms with Crippen molar-refractivity contribution in [3.8, 4) is 0 Å². The van der Waals surface area contributed by atoms with Crippen LogP contribution in [0.4, 0.5) is 0 Å². The number of rotatable bonds is 5. The van der Waals surface area contributed by atoms with E-state index in [4.69, 9.17) is 11.6 Å². The van der Waals surface area contributed by atoms with Crippen molar-refractivity contribution in [3.05, 3.63) is 14.9 Å². The summed E-state index contributed by atoms with van der Waals surface area (Å²) in [6, 6.07) is 1.37. The number of hydrogen-bond acceptors (Lipinski definition) is 4. The summed E-state index contributed by atoms with van der Waals surface area (Å²) in [6.07, 6.45) is 0. The zero-order chi connectivity index (χ0) is 13.9. The van der Waals surface area contributed by atoms with Crippen molar-refractivity contribution in [2.24, 2.45) is 0 Å². The van der Waals surface area contributed by atoms with Crippen molar-refractivity contribution in [2.75, 3.05) is 20.1 Å². The van der Waals surface area contributed by atoms with Crippen LogP contribution in [0.1, 0.15) is 6.92 Å². The quantitative estimate of drug-likeness (QED) is 0.855. The molecule has 18 heavy (non-hydrogen) atoms. The largest absolute Gasteiger partial charge is 0.358 e. The second-order valence-corrected chi connectivity index (χ2v) is 8.23. The fourth-order valence-corrected chi connectivity index (χ4v) is 5.15. The third-order valence-corrected chi connectivity index (χ3v) is 7.01. The first-order valence-electron chi connectivity index (χ1n) is 4.98. The third kappa shape index (κ3) is 3.45. The highest BCUT2D eigenvalue weighted by atomic mass is 79.9. The maximum absolute atomic E-state index is 12.3. The number of hydrogen-bond donors (Lipinski definition) is 1. The summed E-state index contributed by atoms with van der Waals surface area (Å²) in [4.78, 5) is 11.3. The van der Waals surface area contributed by atoms with E-state index in [-0.39, 0.29) is 23.2 Å². The molecule has 0 bridgehead atoms. The monoisotopic (exact) mass is 374 g/mol. The average Bonchev–Trinajstić information content (AvgIpc) is 2.66. The molecule has 0 spiro atoms. The molecule has 0 radical (unpaired) electrons. The molecule has 0 fully saturated rings. The van der Waals surface area contributed by atoms with Gasteiger partial charge in [-0.05, 0) is 22.0 Å². The molecule has 1 aromatic rings. The standard InChI is InChI=1S/C9H12BrClN2O3S2/c1-3-13(5-7(14)12-2)18(15,16)8-4-6(11)9(10)17-8/h4H,3,5H2,1-2H3,(H,12,14). The molecule has 0 aliphatic rings. The van der Waals surface area contributed by atoms with Crippen LogP contribution in [0.2, 0.25) is 5.02 Å². The molecule has 1 N–H and O–H groups in total. The molecule has 0 aliphatic carbocycles. The molecule has 1 aromatic heterocycles. The van der Waals surface area contributed by atoms with Gasteiger partial charge in [0, 0.05) is 13.6 Å². The lowest BCUT2D eigenvalue weighted by molar-refractivity contribution is -0.120. The number of carbonyl (C=O) groups excluding carboxylic acids is 1. The smallest absolute Gasteiger partial charge is 0.253 e. The van der Waals surface area contributed by atoms with Gasteiger partial charge in [-0.2, -0.15) is 4.31 Å². The highest BCUT2D eigenvalue weighted by Gasteiger charge is 2.27. The van der Waals surface area contributed by atoms with E-state index in [0.29, 0.717) is 8.81 Å². The number of sulfonamides is 1. The Labute approximate surface area is 123 Å². The fraction of sp³-hybridized carbons (Fsp3) is 0.444. The maximum Gasteiger partial charge on any atom is 0.253 e. The van der Waals surface area contributed by atoms with E-state index in [1.807, 2.05) is 0 Å². The highest BCUT2D eigenvalue weighted by Crippen LogP contribution is 2.35. The van der Waals surface area contributed by atoms with Crippen molar-refractivity contribution >= 4 is 54.8 Å². The molecule has 0 saturated heterocycles. The number of carbonyl (C=O) groups is 1. The molecule has 0 aromatic carbocycles. The van der Waals surface area contributed by atoms with Gasteiger partial charge in [0.2, 0.25) is 5.91 Å². The summed E-state index contributed by atoms with van der Waals surface area (Å²) in [7, 11) is -2.22. The second-order valence-electron chi connectivity index (χ2n) is 3.29. The number of nitrogens with one attached hydrogen (secondary N) is 1. The maximum atomic E-state index is 12.3. The predicted octanol–water partition coefficient (Wildman–Crippen LogP) is 1.92. The van der Waals surface area contributed by atoms with Crippen LogP contribution < -0.4 is 5.32 Å². The SMILES string of the molecule is CCN(CC(=O)NC)S(=O)(=O)c1cc(Cl)c(Br)s1. The van der Waals surface area contributed by atoms with Gasteiger partial charge in [0.05, 0.1) is 15.4 Å². The molecular formula is C9H12BrClN2O3S2. The minimum Gasteiger partial charge on any atom is -0.358 e. The lowest BCUT2D eigenvalue weighted by atomic mass is 10.5. The molecule has 5 nitrogen and oxygen atoms in total. The van der Waals surface area contributed by atoms with Crippen LogP contribution in [0, 0.1) is 0 Å². The summed E-state index contributed by atoms with van der Waals surface area (Å²) in [5, 5.41) is 2.74. The Morgan fingerprint density at radius 2 is 2.22 bits per heavy atom. The Morgan fingerprint density at radius 1 is 1.61 bits per heavy atom. The Kier molecular flexibility index (Phi) is 5.60. The summed E-state index contributed by atoms with van der Waals surface area (Å²) in [5.74, 6) is -0.359. The first-order valence-corrected chi connectivity index (χ1v) is 8.41. The fourth-order valence-electron chi connectivity index (χ4n) is 1.19. The van der Waals surface area contributed by atoms with E-state index in [1.165, 1.54) is 13.1 Å². The summed E-state index contributed by atoms with van der Waals surface area (Å²) >= 11 is 10.0. The lowest BCUT2D eigenvalue weighted by Gasteiger charge is -2.18. The number of likely N-dealkylation sites (N-methyl/N-ethyl adjacent to an activating group) is 2. The van der Waals surface area contributed by atoms with E-state index >= 15 is 0 Å². The second kappa shape index (κ2) is 6.33. The minimum atomic E-state index is -3.68. The van der Waals surface area contributed by atoms with E-state index in [0.717, 1.165) is 15.6 Å². The van der Waals surface area contributed by atoms with Gasteiger partial charge in [0.15, 0.2) is 0 Å². The van der Waals surface area contributed by atoms with Gasteiger partial charge in [-0.1, -0.05) is 18.5 Å². The van der Waals surface area contributed by atoms with E-state index in [9.17, 15) is 13.2 Å². The zero-order valence-electron chi connectivity index (χ0n) is 9.74. The number of halogens is 2. The van der Waals surface area contributed by atoms with Crippen molar-refractivity contribution in [2.45, 2.75) is 11.1 Å². The molecule has 9 heteroatoms. The van der Waals surface area contributed by atoms with Gasteiger partial charge in [-0.15, -0.1) is 11.3 Å². The van der Waals surface area contributed by atoms with Crippen LogP contribution >= 0.6 is 38.9 Å². The lowest BCUT2D eigenvalue weighted by Crippen LogP contribution is -2.39. The Hall–Kier alpha value is -0.150. The molecular weight excluding hydrogens is 364 g/mol. The van der Waals surface area contributed by atoms with Crippen LogP contribution in [0.15, 0.2) is 14.1 Å². The van der Waals surface area contributed by atoms with Gasteiger partial charge in [-0.25, -0.2) is 8.42 Å². The average molecular weight is 376 g/mol. The van der Waals surface area contributed by atoms with Crippen LogP contribution in [0.3, 0.4) is 0 Å². The third-order valence-electron chi connectivity index (χ3n) is 2.17. The van der Waals surface area contributed by atoms with Crippen molar-refractivity contribution in [1.29, 1.82) is 0 Å². The van der Waals surface area contributed by atoms with Crippen LogP contribution in [-0.4, -0.2) is 38.8 Å². The zero-order valence-corrected chi connectivity index (χ0v) is 13.7. The van der Waals surface area contributed by atoms with Gasteiger partial charge in [0.25, 0.3) is 10.0 Å². The Bertz CT molecular complexity index is 525. The van der Waals surface area contributed by atoms with E-state index in [1.54, 1.807) is 6.92 Å². The van der Waals surface area contributed by atoms with E-state index < -0.39 is 10.0 Å². The summed E-state index contributed by atoms with van der Waals surface area (Å²) in [5.41, 5.74) is 0. The summed E-state index contributed by atoms with van der Waals surface area (Å²) in [6.45, 7) is 1.68. The molecule has 0 aliphatic heterocycles. The molecule has 0 saturated carbocycles. The minimum absolute atomic E-state index is 0.116. The van der Waals surface area contributed by atoms with Crippen molar-refractivity contribution < 1.29 is 13.2 Å². The van der Waals surface area contributed by atoms with Crippen molar-refractivity contribution in [3.63, 3.8) is 0 Å². The first kappa shape index (κ1) is 15.9. The van der Waals surface area contributed by atoms with Gasteiger partial charge >= 0.3 is 0 Å². The van der Waals surface area contributed by atoms with Gasteiger partial charge in [-0.3, -0.25) is 4.79 Å². The molecule has 1 rings (SSSR count). The summed E-state index contributed by atoms with van der Waals surface area (Å²) < 4.78 is 26.3. The predicted molar refractivity (Wildman–Crippen MR) is 75.5 cm³/mol. The van der Waals surface area contributed by atoms with Crippen molar-refractivity contribution in [1.82, 2.24) is 9.62 Å². The Morgan fingerprint density at radius 3 is 2.61 bits per heavy atom. The molecule has 102 valence electrons. The topological polar surface area (TPSA) is 66.5 Å². The van der Waals surface area contributed by atoms with Gasteiger partial charge in [0.1, 0.15) is 4.21 Å². The van der Waals surface area contributed by atoms with Crippen LogP contribution in [0.5, 0.6) is 0 Å². The first-order chi connectivity index (χ1) is 8.32. The molecule has 1 heterocycles. The van der Waals surface area contributed by atoms with Crippen LogP contribution in [0.25, 0.3) is 0 Å².